The number of likely N-dealkylation sites (N-methyl/N-ethyl adjacent to an activating group) is 1. The van der Waals surface area contributed by atoms with Gasteiger partial charge in [0.05, 0.1) is 6.54 Å². The summed E-state index contributed by atoms with van der Waals surface area (Å²) in [5.74, 6) is 0.940. The largest absolute Gasteiger partial charge is 0.357 e. The van der Waals surface area contributed by atoms with E-state index in [0.29, 0.717) is 0 Å². The van der Waals surface area contributed by atoms with E-state index in [-0.39, 0.29) is 24.0 Å². The van der Waals surface area contributed by atoms with Crippen molar-refractivity contribution >= 4 is 29.9 Å². The molecule has 0 atom stereocenters. The third-order valence-electron chi connectivity index (χ3n) is 3.36. The van der Waals surface area contributed by atoms with Crippen molar-refractivity contribution in [3.05, 3.63) is 0 Å². The molecule has 0 aromatic heterocycles. The van der Waals surface area contributed by atoms with Crippen molar-refractivity contribution in [2.24, 2.45) is 4.99 Å². The predicted molar refractivity (Wildman–Crippen MR) is 90.0 cm³/mol. The minimum absolute atomic E-state index is 0. The van der Waals surface area contributed by atoms with E-state index in [9.17, 15) is 0 Å². The Morgan fingerprint density at radius 3 is 2.22 bits per heavy atom. The maximum Gasteiger partial charge on any atom is 0.191 e. The number of rotatable bonds is 6. The number of hydrogen-bond acceptors (Lipinski definition) is 2. The highest BCUT2D eigenvalue weighted by atomic mass is 127. The molecule has 1 aliphatic carbocycles. The Labute approximate surface area is 129 Å². The monoisotopic (exact) mass is 368 g/mol. The van der Waals surface area contributed by atoms with E-state index in [0.717, 1.165) is 38.2 Å². The summed E-state index contributed by atoms with van der Waals surface area (Å²) in [5, 5.41) is 6.49. The Kier molecular flexibility index (Phi) is 10.8. The van der Waals surface area contributed by atoms with Gasteiger partial charge < -0.3 is 15.5 Å². The Morgan fingerprint density at radius 1 is 1.17 bits per heavy atom. The molecule has 4 nitrogen and oxygen atoms in total. The molecule has 0 spiro atoms. The predicted octanol–water partition coefficient (Wildman–Crippen LogP) is 2.05. The molecular formula is C13H29IN4. The van der Waals surface area contributed by atoms with Gasteiger partial charge in [0.2, 0.25) is 0 Å². The van der Waals surface area contributed by atoms with Crippen molar-refractivity contribution in [3.63, 3.8) is 0 Å². The minimum atomic E-state index is 0. The SMILES string of the molecule is CCNC(=NCCN(C)C1CCCC1)NCC.I. The van der Waals surface area contributed by atoms with Gasteiger partial charge in [-0.1, -0.05) is 12.8 Å². The first-order valence-corrected chi connectivity index (χ1v) is 7.00. The van der Waals surface area contributed by atoms with E-state index in [4.69, 9.17) is 0 Å². The third kappa shape index (κ3) is 6.78. The number of nitrogens with one attached hydrogen (secondary N) is 2. The molecule has 1 fully saturated rings. The van der Waals surface area contributed by atoms with Gasteiger partial charge in [0.25, 0.3) is 0 Å². The van der Waals surface area contributed by atoms with Crippen LogP contribution in [-0.2, 0) is 0 Å². The molecule has 0 aliphatic heterocycles. The zero-order valence-electron chi connectivity index (χ0n) is 12.0. The molecule has 0 bridgehead atoms. The van der Waals surface area contributed by atoms with Crippen molar-refractivity contribution < 1.29 is 0 Å². The average Bonchev–Trinajstić information content (AvgIpc) is 2.83. The molecule has 0 unspecified atom stereocenters. The van der Waals surface area contributed by atoms with Gasteiger partial charge in [0.15, 0.2) is 5.96 Å². The molecule has 0 aromatic carbocycles. The van der Waals surface area contributed by atoms with Crippen LogP contribution in [0.2, 0.25) is 0 Å². The summed E-state index contributed by atoms with van der Waals surface area (Å²) < 4.78 is 0. The normalized spacial score (nSPS) is 15.3. The van der Waals surface area contributed by atoms with Crippen LogP contribution in [0.25, 0.3) is 0 Å². The Bertz CT molecular complexity index is 219. The van der Waals surface area contributed by atoms with Crippen LogP contribution < -0.4 is 10.6 Å². The van der Waals surface area contributed by atoms with Crippen molar-refractivity contribution in [2.45, 2.75) is 45.6 Å². The summed E-state index contributed by atoms with van der Waals surface area (Å²) in [7, 11) is 2.23. The zero-order chi connectivity index (χ0) is 12.5. The molecular weight excluding hydrogens is 339 g/mol. The van der Waals surface area contributed by atoms with Gasteiger partial charge in [-0.15, -0.1) is 24.0 Å². The number of hydrogen-bond donors (Lipinski definition) is 2. The summed E-state index contributed by atoms with van der Waals surface area (Å²) in [5.41, 5.74) is 0. The first-order chi connectivity index (χ1) is 8.27. The van der Waals surface area contributed by atoms with Gasteiger partial charge in [-0.3, -0.25) is 4.99 Å². The molecule has 0 radical (unpaired) electrons. The summed E-state index contributed by atoms with van der Waals surface area (Å²) in [4.78, 5) is 7.03. The Balaban J connectivity index is 0.00000289. The quantitative estimate of drug-likeness (QED) is 0.428. The molecule has 108 valence electrons. The molecule has 1 rings (SSSR count). The smallest absolute Gasteiger partial charge is 0.191 e. The van der Waals surface area contributed by atoms with Crippen LogP contribution in [-0.4, -0.2) is 50.1 Å². The lowest BCUT2D eigenvalue weighted by molar-refractivity contribution is 0.252. The van der Waals surface area contributed by atoms with Crippen LogP contribution >= 0.6 is 24.0 Å². The van der Waals surface area contributed by atoms with Crippen LogP contribution in [0.5, 0.6) is 0 Å². The Hall–Kier alpha value is -0.0400. The maximum absolute atomic E-state index is 4.57. The van der Waals surface area contributed by atoms with Crippen molar-refractivity contribution in [1.29, 1.82) is 0 Å². The number of halogens is 1. The van der Waals surface area contributed by atoms with E-state index in [1.165, 1.54) is 25.7 Å². The second-order valence-electron chi connectivity index (χ2n) is 4.71. The first kappa shape index (κ1) is 18.0. The van der Waals surface area contributed by atoms with Gasteiger partial charge in [-0.25, -0.2) is 0 Å². The highest BCUT2D eigenvalue weighted by molar-refractivity contribution is 14.0. The van der Waals surface area contributed by atoms with Crippen LogP contribution in [0.3, 0.4) is 0 Å². The minimum Gasteiger partial charge on any atom is -0.357 e. The molecule has 1 aliphatic rings. The highest BCUT2D eigenvalue weighted by Crippen LogP contribution is 2.21. The second kappa shape index (κ2) is 10.8. The van der Waals surface area contributed by atoms with Crippen LogP contribution in [0, 0.1) is 0 Å². The van der Waals surface area contributed by atoms with Gasteiger partial charge in [-0.2, -0.15) is 0 Å². The molecule has 2 N–H and O–H groups in total. The van der Waals surface area contributed by atoms with Crippen LogP contribution in [0.4, 0.5) is 0 Å². The standard InChI is InChI=1S/C13H28N4.HI/c1-4-14-13(15-5-2)16-10-11-17(3)12-8-6-7-9-12;/h12H,4-11H2,1-3H3,(H2,14,15,16);1H. The van der Waals surface area contributed by atoms with E-state index in [1.54, 1.807) is 0 Å². The maximum atomic E-state index is 4.57. The zero-order valence-corrected chi connectivity index (χ0v) is 14.4. The first-order valence-electron chi connectivity index (χ1n) is 7.00. The lowest BCUT2D eigenvalue weighted by Gasteiger charge is -2.23. The summed E-state index contributed by atoms with van der Waals surface area (Å²) in [6, 6.07) is 0.798. The lowest BCUT2D eigenvalue weighted by Crippen LogP contribution is -2.38. The number of nitrogens with zero attached hydrogens (tertiary/aromatic N) is 2. The van der Waals surface area contributed by atoms with Crippen molar-refractivity contribution in [2.75, 3.05) is 33.2 Å². The summed E-state index contributed by atoms with van der Waals surface area (Å²) in [6.07, 6.45) is 5.54. The van der Waals surface area contributed by atoms with Gasteiger partial charge in [-0.05, 0) is 33.7 Å². The van der Waals surface area contributed by atoms with Gasteiger partial charge in [0, 0.05) is 25.7 Å². The van der Waals surface area contributed by atoms with Crippen molar-refractivity contribution in [1.82, 2.24) is 15.5 Å². The summed E-state index contributed by atoms with van der Waals surface area (Å²) in [6.45, 7) is 7.97. The fourth-order valence-electron chi connectivity index (χ4n) is 2.36. The van der Waals surface area contributed by atoms with E-state index < -0.39 is 0 Å². The highest BCUT2D eigenvalue weighted by Gasteiger charge is 2.18. The van der Waals surface area contributed by atoms with Gasteiger partial charge >= 0.3 is 0 Å². The summed E-state index contributed by atoms with van der Waals surface area (Å²) >= 11 is 0. The molecule has 5 heteroatoms. The van der Waals surface area contributed by atoms with E-state index in [2.05, 4.69) is 41.4 Å². The van der Waals surface area contributed by atoms with Crippen molar-refractivity contribution in [3.8, 4) is 0 Å². The Morgan fingerprint density at radius 2 is 1.72 bits per heavy atom. The van der Waals surface area contributed by atoms with Gasteiger partial charge in [0.1, 0.15) is 0 Å². The van der Waals surface area contributed by atoms with E-state index in [1.807, 2.05) is 0 Å². The number of aliphatic imine (C=N–C) groups is 1. The van der Waals surface area contributed by atoms with E-state index >= 15 is 0 Å². The third-order valence-corrected chi connectivity index (χ3v) is 3.36. The van der Waals surface area contributed by atoms with Crippen LogP contribution in [0.1, 0.15) is 39.5 Å². The number of guanidine groups is 1. The molecule has 0 aromatic rings. The molecule has 0 amide bonds. The molecule has 0 saturated heterocycles. The molecule has 18 heavy (non-hydrogen) atoms. The van der Waals surface area contributed by atoms with Crippen LogP contribution in [0.15, 0.2) is 4.99 Å². The fourth-order valence-corrected chi connectivity index (χ4v) is 2.36. The molecule has 0 heterocycles. The second-order valence-corrected chi connectivity index (χ2v) is 4.71. The lowest BCUT2D eigenvalue weighted by atomic mass is 10.2. The fraction of sp³-hybridized carbons (Fsp3) is 0.923. The molecule has 1 saturated carbocycles. The average molecular weight is 368 g/mol. The topological polar surface area (TPSA) is 39.7 Å².